The van der Waals surface area contributed by atoms with Gasteiger partial charge < -0.3 is 15.4 Å². The molecule has 0 aliphatic heterocycles. The lowest BCUT2D eigenvalue weighted by atomic mass is 9.66. The van der Waals surface area contributed by atoms with E-state index in [1.165, 1.54) is 0 Å². The van der Waals surface area contributed by atoms with E-state index in [1.807, 2.05) is 38.1 Å². The van der Waals surface area contributed by atoms with Gasteiger partial charge in [-0.15, -0.1) is 0 Å². The van der Waals surface area contributed by atoms with Crippen molar-refractivity contribution in [1.82, 2.24) is 15.3 Å². The molecule has 6 heteroatoms. The van der Waals surface area contributed by atoms with Crippen molar-refractivity contribution in [3.8, 4) is 0 Å². The summed E-state index contributed by atoms with van der Waals surface area (Å²) in [5, 5.41) is 12.4. The number of rotatable bonds is 6. The van der Waals surface area contributed by atoms with E-state index in [2.05, 4.69) is 15.3 Å². The SMILES string of the molecule is CC(C)C(NC(=O)CC1(C(=O)O)CCC1)c1nc2ccccc2[nH]1. The normalized spacial score (nSPS) is 17.5. The molecular formula is C18H23N3O3. The van der Waals surface area contributed by atoms with Crippen molar-refractivity contribution in [2.45, 2.75) is 45.6 Å². The number of benzene rings is 1. The maximum absolute atomic E-state index is 12.4. The molecule has 1 fully saturated rings. The van der Waals surface area contributed by atoms with Crippen LogP contribution >= 0.6 is 0 Å². The van der Waals surface area contributed by atoms with Gasteiger partial charge in [0.15, 0.2) is 0 Å². The minimum Gasteiger partial charge on any atom is -0.481 e. The Hall–Kier alpha value is -2.37. The maximum atomic E-state index is 12.4. The maximum Gasteiger partial charge on any atom is 0.310 e. The predicted octanol–water partition coefficient (Wildman–Crippen LogP) is 3.02. The van der Waals surface area contributed by atoms with E-state index in [-0.39, 0.29) is 24.3 Å². The number of carbonyl (C=O) groups excluding carboxylic acids is 1. The molecule has 0 bridgehead atoms. The molecule has 1 saturated carbocycles. The third-order valence-electron chi connectivity index (χ3n) is 4.95. The molecule has 1 unspecified atom stereocenters. The smallest absolute Gasteiger partial charge is 0.310 e. The van der Waals surface area contributed by atoms with Crippen molar-refractivity contribution in [1.29, 1.82) is 0 Å². The molecule has 1 aromatic heterocycles. The average Bonchev–Trinajstić information content (AvgIpc) is 2.91. The highest BCUT2D eigenvalue weighted by molar-refractivity contribution is 5.86. The van der Waals surface area contributed by atoms with E-state index in [9.17, 15) is 14.7 Å². The second kappa shape index (κ2) is 6.26. The molecule has 1 aliphatic carbocycles. The number of aliphatic carboxylic acids is 1. The first-order chi connectivity index (χ1) is 11.4. The molecule has 0 saturated heterocycles. The van der Waals surface area contributed by atoms with Crippen LogP contribution in [0.4, 0.5) is 0 Å². The van der Waals surface area contributed by atoms with Crippen LogP contribution in [0.15, 0.2) is 24.3 Å². The summed E-state index contributed by atoms with van der Waals surface area (Å²) in [5.74, 6) is -0.251. The average molecular weight is 329 g/mol. The molecule has 1 atom stereocenters. The summed E-state index contributed by atoms with van der Waals surface area (Å²) in [6, 6.07) is 7.45. The Morgan fingerprint density at radius 1 is 1.33 bits per heavy atom. The highest BCUT2D eigenvalue weighted by Crippen LogP contribution is 2.44. The van der Waals surface area contributed by atoms with Gasteiger partial charge in [0.2, 0.25) is 5.91 Å². The summed E-state index contributed by atoms with van der Waals surface area (Å²) in [4.78, 5) is 31.7. The van der Waals surface area contributed by atoms with Gasteiger partial charge in [-0.3, -0.25) is 9.59 Å². The summed E-state index contributed by atoms with van der Waals surface area (Å²) >= 11 is 0. The predicted molar refractivity (Wildman–Crippen MR) is 90.4 cm³/mol. The first kappa shape index (κ1) is 16.5. The fourth-order valence-corrected chi connectivity index (χ4v) is 3.27. The van der Waals surface area contributed by atoms with E-state index in [0.717, 1.165) is 17.5 Å². The largest absolute Gasteiger partial charge is 0.481 e. The molecule has 0 spiro atoms. The number of aromatic nitrogens is 2. The fourth-order valence-electron chi connectivity index (χ4n) is 3.27. The fraction of sp³-hybridized carbons (Fsp3) is 0.500. The zero-order chi connectivity index (χ0) is 17.3. The zero-order valence-corrected chi connectivity index (χ0v) is 14.0. The lowest BCUT2D eigenvalue weighted by Gasteiger charge is -2.37. The molecule has 3 N–H and O–H groups in total. The second-order valence-electron chi connectivity index (χ2n) is 7.04. The number of carboxylic acids is 1. The van der Waals surface area contributed by atoms with Gasteiger partial charge in [-0.2, -0.15) is 0 Å². The van der Waals surface area contributed by atoms with Crippen LogP contribution in [-0.2, 0) is 9.59 Å². The minimum atomic E-state index is -0.876. The van der Waals surface area contributed by atoms with Crippen LogP contribution in [0.3, 0.4) is 0 Å². The molecular weight excluding hydrogens is 306 g/mol. The number of H-pyrrole nitrogens is 1. The number of imidazole rings is 1. The van der Waals surface area contributed by atoms with Crippen LogP contribution < -0.4 is 5.32 Å². The number of amides is 1. The molecule has 1 aromatic carbocycles. The van der Waals surface area contributed by atoms with Gasteiger partial charge in [-0.25, -0.2) is 4.98 Å². The van der Waals surface area contributed by atoms with Gasteiger partial charge >= 0.3 is 5.97 Å². The van der Waals surface area contributed by atoms with Gasteiger partial charge in [0.25, 0.3) is 0 Å². The number of carboxylic acid groups (broad SMARTS) is 1. The second-order valence-corrected chi connectivity index (χ2v) is 7.04. The summed E-state index contributed by atoms with van der Waals surface area (Å²) in [7, 11) is 0. The van der Waals surface area contributed by atoms with Crippen LogP contribution in [0.1, 0.15) is 51.4 Å². The van der Waals surface area contributed by atoms with Crippen LogP contribution in [-0.4, -0.2) is 27.0 Å². The molecule has 0 radical (unpaired) electrons. The highest BCUT2D eigenvalue weighted by Gasteiger charge is 2.46. The number of nitrogens with zero attached hydrogens (tertiary/aromatic N) is 1. The van der Waals surface area contributed by atoms with Gasteiger partial charge in [-0.1, -0.05) is 32.4 Å². The Kier molecular flexibility index (Phi) is 4.30. The molecule has 128 valence electrons. The molecule has 6 nitrogen and oxygen atoms in total. The highest BCUT2D eigenvalue weighted by atomic mass is 16.4. The molecule has 3 rings (SSSR count). The summed E-state index contributed by atoms with van der Waals surface area (Å²) in [6.07, 6.45) is 2.06. The topological polar surface area (TPSA) is 95.1 Å². The van der Waals surface area contributed by atoms with Gasteiger partial charge in [0, 0.05) is 6.42 Å². The van der Waals surface area contributed by atoms with Crippen molar-refractivity contribution in [2.75, 3.05) is 0 Å². The monoisotopic (exact) mass is 329 g/mol. The number of hydrogen-bond donors (Lipinski definition) is 3. The van der Waals surface area contributed by atoms with Crippen molar-refractivity contribution in [2.24, 2.45) is 11.3 Å². The Morgan fingerprint density at radius 2 is 2.04 bits per heavy atom. The summed E-state index contributed by atoms with van der Waals surface area (Å²) in [6.45, 7) is 4.02. The zero-order valence-electron chi connectivity index (χ0n) is 14.0. The molecule has 24 heavy (non-hydrogen) atoms. The molecule has 2 aromatic rings. The van der Waals surface area contributed by atoms with E-state index < -0.39 is 11.4 Å². The third-order valence-corrected chi connectivity index (χ3v) is 4.95. The first-order valence-electron chi connectivity index (χ1n) is 8.39. The summed E-state index contributed by atoms with van der Waals surface area (Å²) in [5.41, 5.74) is 0.904. The molecule has 1 heterocycles. The van der Waals surface area contributed by atoms with Crippen LogP contribution in [0.2, 0.25) is 0 Å². The third kappa shape index (κ3) is 3.00. The van der Waals surface area contributed by atoms with Crippen LogP contribution in [0.25, 0.3) is 11.0 Å². The Labute approximate surface area is 140 Å². The van der Waals surface area contributed by atoms with Crippen LogP contribution in [0.5, 0.6) is 0 Å². The van der Waals surface area contributed by atoms with Crippen molar-refractivity contribution in [3.05, 3.63) is 30.1 Å². The number of nitrogens with one attached hydrogen (secondary N) is 2. The number of aromatic amines is 1. The van der Waals surface area contributed by atoms with E-state index in [4.69, 9.17) is 0 Å². The minimum absolute atomic E-state index is 0.0335. The van der Waals surface area contributed by atoms with Gasteiger partial charge in [0.1, 0.15) is 5.82 Å². The van der Waals surface area contributed by atoms with Crippen molar-refractivity contribution in [3.63, 3.8) is 0 Å². The van der Waals surface area contributed by atoms with Crippen molar-refractivity contribution < 1.29 is 14.7 Å². The van der Waals surface area contributed by atoms with Gasteiger partial charge in [-0.05, 0) is 30.9 Å². The summed E-state index contributed by atoms with van der Waals surface area (Å²) < 4.78 is 0. The van der Waals surface area contributed by atoms with E-state index in [1.54, 1.807) is 0 Å². The Bertz CT molecular complexity index is 729. The first-order valence-corrected chi connectivity index (χ1v) is 8.39. The number of para-hydroxylation sites is 2. The standard InChI is InChI=1S/C18H23N3O3/c1-11(2)15(16-19-12-6-3-4-7-13(12)20-16)21-14(22)10-18(17(23)24)8-5-9-18/h3-4,6-7,11,15H,5,8-10H2,1-2H3,(H,19,20)(H,21,22)(H,23,24). The van der Waals surface area contributed by atoms with Crippen LogP contribution in [0, 0.1) is 11.3 Å². The van der Waals surface area contributed by atoms with Crippen molar-refractivity contribution >= 4 is 22.9 Å². The van der Waals surface area contributed by atoms with E-state index >= 15 is 0 Å². The quantitative estimate of drug-likeness (QED) is 0.759. The van der Waals surface area contributed by atoms with Gasteiger partial charge in [0.05, 0.1) is 22.5 Å². The Balaban J connectivity index is 1.76. The molecule has 1 amide bonds. The lowest BCUT2D eigenvalue weighted by molar-refractivity contribution is -0.157. The number of hydrogen-bond acceptors (Lipinski definition) is 3. The van der Waals surface area contributed by atoms with E-state index in [0.29, 0.717) is 18.7 Å². The number of fused-ring (bicyclic) bond motifs is 1. The Morgan fingerprint density at radius 3 is 2.58 bits per heavy atom. The molecule has 1 aliphatic rings. The lowest BCUT2D eigenvalue weighted by Crippen LogP contribution is -2.43. The number of carbonyl (C=O) groups is 2.